The maximum absolute atomic E-state index is 11.9. The predicted molar refractivity (Wildman–Crippen MR) is 83.8 cm³/mol. The highest BCUT2D eigenvalue weighted by molar-refractivity contribution is 7.11. The summed E-state index contributed by atoms with van der Waals surface area (Å²) >= 11 is 1.53. The van der Waals surface area contributed by atoms with Crippen LogP contribution in [0.3, 0.4) is 0 Å². The number of rotatable bonds is 6. The van der Waals surface area contributed by atoms with Crippen LogP contribution in [0.1, 0.15) is 47.8 Å². The van der Waals surface area contributed by atoms with Gasteiger partial charge in [-0.2, -0.15) is 0 Å². The van der Waals surface area contributed by atoms with Crippen molar-refractivity contribution >= 4 is 17.2 Å². The Morgan fingerprint density at radius 1 is 1.29 bits per heavy atom. The average molecular weight is 304 g/mol. The van der Waals surface area contributed by atoms with Crippen molar-refractivity contribution in [1.82, 2.24) is 15.5 Å². The van der Waals surface area contributed by atoms with Crippen LogP contribution in [0.4, 0.5) is 0 Å². The van der Waals surface area contributed by atoms with E-state index in [2.05, 4.69) is 29.4 Å². The molecule has 0 radical (unpaired) electrons. The van der Waals surface area contributed by atoms with Gasteiger partial charge in [-0.1, -0.05) is 55.5 Å². The standard InChI is InChI=1S/C15H20N4OS/c1-10(2)15-19-18-14(21-15)9-17-13(20)8-12(16)11-6-4-3-5-7-11/h3-7,10,12H,8-9,16H2,1-2H3,(H,17,20). The minimum absolute atomic E-state index is 0.0762. The molecule has 0 aliphatic rings. The highest BCUT2D eigenvalue weighted by Crippen LogP contribution is 2.19. The molecule has 112 valence electrons. The molecule has 21 heavy (non-hydrogen) atoms. The molecule has 2 aromatic rings. The molecule has 1 aromatic carbocycles. The molecule has 0 aliphatic heterocycles. The first kappa shape index (κ1) is 15.6. The van der Waals surface area contributed by atoms with Crippen LogP contribution < -0.4 is 11.1 Å². The van der Waals surface area contributed by atoms with E-state index in [0.717, 1.165) is 15.6 Å². The summed E-state index contributed by atoms with van der Waals surface area (Å²) < 4.78 is 0. The summed E-state index contributed by atoms with van der Waals surface area (Å²) in [6, 6.07) is 9.34. The molecule has 0 saturated carbocycles. The van der Waals surface area contributed by atoms with Gasteiger partial charge in [-0.3, -0.25) is 4.79 Å². The molecule has 0 spiro atoms. The number of nitrogens with two attached hydrogens (primary N) is 1. The second-order valence-electron chi connectivity index (χ2n) is 5.19. The van der Waals surface area contributed by atoms with Crippen molar-refractivity contribution in [1.29, 1.82) is 0 Å². The Bertz CT molecular complexity index is 582. The third-order valence-corrected chi connectivity index (χ3v) is 4.27. The molecule has 3 N–H and O–H groups in total. The molecule has 1 heterocycles. The zero-order valence-electron chi connectivity index (χ0n) is 12.2. The molecular formula is C15H20N4OS. The number of hydrogen-bond donors (Lipinski definition) is 2. The van der Waals surface area contributed by atoms with Crippen molar-refractivity contribution in [2.45, 2.75) is 38.8 Å². The number of carbonyl (C=O) groups excluding carboxylic acids is 1. The Labute approximate surface area is 128 Å². The first-order valence-electron chi connectivity index (χ1n) is 6.95. The summed E-state index contributed by atoms with van der Waals surface area (Å²) in [6.07, 6.45) is 0.264. The van der Waals surface area contributed by atoms with E-state index in [1.165, 1.54) is 11.3 Å². The van der Waals surface area contributed by atoms with E-state index in [1.54, 1.807) is 0 Å². The topological polar surface area (TPSA) is 80.9 Å². The summed E-state index contributed by atoms with van der Waals surface area (Å²) in [7, 11) is 0. The van der Waals surface area contributed by atoms with Gasteiger partial charge in [0.25, 0.3) is 0 Å². The van der Waals surface area contributed by atoms with Crippen LogP contribution in [-0.4, -0.2) is 16.1 Å². The SMILES string of the molecule is CC(C)c1nnc(CNC(=O)CC(N)c2ccccc2)s1. The zero-order valence-corrected chi connectivity index (χ0v) is 13.1. The highest BCUT2D eigenvalue weighted by Gasteiger charge is 2.12. The van der Waals surface area contributed by atoms with Gasteiger partial charge in [0, 0.05) is 18.4 Å². The maximum atomic E-state index is 11.9. The van der Waals surface area contributed by atoms with Crippen LogP contribution in [0, 0.1) is 0 Å². The Hall–Kier alpha value is -1.79. The molecule has 0 aliphatic carbocycles. The largest absolute Gasteiger partial charge is 0.349 e. The number of nitrogens with one attached hydrogen (secondary N) is 1. The second-order valence-corrected chi connectivity index (χ2v) is 6.28. The smallest absolute Gasteiger partial charge is 0.222 e. The van der Waals surface area contributed by atoms with Crippen LogP contribution in [-0.2, 0) is 11.3 Å². The fourth-order valence-electron chi connectivity index (χ4n) is 1.84. The third-order valence-electron chi connectivity index (χ3n) is 3.05. The predicted octanol–water partition coefficient (Wildman–Crippen LogP) is 2.37. The molecule has 1 unspecified atom stereocenters. The average Bonchev–Trinajstić information content (AvgIpc) is 2.95. The first-order chi connectivity index (χ1) is 10.1. The first-order valence-corrected chi connectivity index (χ1v) is 7.77. The molecule has 2 rings (SSSR count). The summed E-state index contributed by atoms with van der Waals surface area (Å²) in [5.74, 6) is 0.283. The zero-order chi connectivity index (χ0) is 15.2. The molecule has 1 amide bonds. The molecule has 0 fully saturated rings. The van der Waals surface area contributed by atoms with Crippen molar-refractivity contribution < 1.29 is 4.79 Å². The van der Waals surface area contributed by atoms with Gasteiger partial charge < -0.3 is 11.1 Å². The summed E-state index contributed by atoms with van der Waals surface area (Å²) in [6.45, 7) is 4.55. The number of benzene rings is 1. The monoisotopic (exact) mass is 304 g/mol. The molecule has 5 nitrogen and oxygen atoms in total. The highest BCUT2D eigenvalue weighted by atomic mass is 32.1. The normalized spacial score (nSPS) is 12.4. The van der Waals surface area contributed by atoms with Crippen molar-refractivity contribution in [3.63, 3.8) is 0 Å². The third kappa shape index (κ3) is 4.61. The lowest BCUT2D eigenvalue weighted by atomic mass is 10.0. The Kier molecular flexibility index (Phi) is 5.41. The molecule has 0 bridgehead atoms. The van der Waals surface area contributed by atoms with Crippen LogP contribution in [0.2, 0.25) is 0 Å². The molecular weight excluding hydrogens is 284 g/mol. The fourth-order valence-corrected chi connectivity index (χ4v) is 2.62. The minimum Gasteiger partial charge on any atom is -0.349 e. The number of amides is 1. The van der Waals surface area contributed by atoms with Gasteiger partial charge in [0.05, 0.1) is 6.54 Å². The van der Waals surface area contributed by atoms with Crippen molar-refractivity contribution in [3.8, 4) is 0 Å². The summed E-state index contributed by atoms with van der Waals surface area (Å²) in [5, 5.41) is 12.8. The molecule has 1 aromatic heterocycles. The Morgan fingerprint density at radius 3 is 2.62 bits per heavy atom. The molecule has 1 atom stereocenters. The lowest BCUT2D eigenvalue weighted by Crippen LogP contribution is -2.27. The van der Waals surface area contributed by atoms with E-state index < -0.39 is 0 Å². The van der Waals surface area contributed by atoms with Crippen molar-refractivity contribution in [3.05, 3.63) is 45.9 Å². The van der Waals surface area contributed by atoms with Gasteiger partial charge in [-0.25, -0.2) is 0 Å². The number of aromatic nitrogens is 2. The van der Waals surface area contributed by atoms with Crippen LogP contribution in [0.25, 0.3) is 0 Å². The van der Waals surface area contributed by atoms with E-state index in [9.17, 15) is 4.79 Å². The van der Waals surface area contributed by atoms with Gasteiger partial charge in [-0.05, 0) is 5.56 Å². The Morgan fingerprint density at radius 2 is 2.00 bits per heavy atom. The lowest BCUT2D eigenvalue weighted by Gasteiger charge is -2.11. The second kappa shape index (κ2) is 7.28. The van der Waals surface area contributed by atoms with E-state index in [4.69, 9.17) is 5.73 Å². The van der Waals surface area contributed by atoms with Gasteiger partial charge in [0.2, 0.25) is 5.91 Å². The fraction of sp³-hybridized carbons (Fsp3) is 0.400. The van der Waals surface area contributed by atoms with Gasteiger partial charge in [0.15, 0.2) is 0 Å². The Balaban J connectivity index is 1.82. The van der Waals surface area contributed by atoms with E-state index in [1.807, 2.05) is 30.3 Å². The van der Waals surface area contributed by atoms with E-state index in [-0.39, 0.29) is 18.4 Å². The molecule has 0 saturated heterocycles. The van der Waals surface area contributed by atoms with E-state index >= 15 is 0 Å². The quantitative estimate of drug-likeness (QED) is 0.858. The van der Waals surface area contributed by atoms with Gasteiger partial charge >= 0.3 is 0 Å². The maximum Gasteiger partial charge on any atom is 0.222 e. The van der Waals surface area contributed by atoms with Crippen molar-refractivity contribution in [2.75, 3.05) is 0 Å². The number of hydrogen-bond acceptors (Lipinski definition) is 5. The lowest BCUT2D eigenvalue weighted by molar-refractivity contribution is -0.121. The van der Waals surface area contributed by atoms with Crippen LogP contribution >= 0.6 is 11.3 Å². The number of nitrogens with zero attached hydrogens (tertiary/aromatic N) is 2. The summed E-state index contributed by atoms with van der Waals surface area (Å²) in [4.78, 5) is 11.9. The molecule has 6 heteroatoms. The van der Waals surface area contributed by atoms with Crippen molar-refractivity contribution in [2.24, 2.45) is 5.73 Å². The van der Waals surface area contributed by atoms with Gasteiger partial charge in [-0.15, -0.1) is 10.2 Å². The summed E-state index contributed by atoms with van der Waals surface area (Å²) in [5.41, 5.74) is 6.99. The van der Waals surface area contributed by atoms with Crippen LogP contribution in [0.15, 0.2) is 30.3 Å². The van der Waals surface area contributed by atoms with Gasteiger partial charge in [0.1, 0.15) is 10.0 Å². The van der Waals surface area contributed by atoms with Crippen LogP contribution in [0.5, 0.6) is 0 Å². The van der Waals surface area contributed by atoms with E-state index in [0.29, 0.717) is 12.5 Å². The minimum atomic E-state index is -0.285. The number of carbonyl (C=O) groups is 1.